The number of hydrogen-bond acceptors (Lipinski definition) is 5. The van der Waals surface area contributed by atoms with E-state index in [4.69, 9.17) is 0 Å². The summed E-state index contributed by atoms with van der Waals surface area (Å²) in [7, 11) is 0. The molecular weight excluding hydrogens is 366 g/mol. The molecule has 0 radical (unpaired) electrons. The highest BCUT2D eigenvalue weighted by molar-refractivity contribution is 5.99. The van der Waals surface area contributed by atoms with Crippen LogP contribution >= 0.6 is 0 Å². The van der Waals surface area contributed by atoms with E-state index in [9.17, 15) is 4.79 Å². The van der Waals surface area contributed by atoms with Crippen LogP contribution in [0.1, 0.15) is 31.2 Å². The van der Waals surface area contributed by atoms with Crippen LogP contribution in [0.4, 0.5) is 5.82 Å². The van der Waals surface area contributed by atoms with Crippen LogP contribution in [0, 0.1) is 0 Å². The number of aryl methyl sites for hydroxylation is 1. The normalized spacial score (nSPS) is 14.8. The topological polar surface area (TPSA) is 90.5 Å². The van der Waals surface area contributed by atoms with Crippen LogP contribution in [0.15, 0.2) is 54.6 Å². The summed E-state index contributed by atoms with van der Waals surface area (Å²) < 4.78 is 1.87. The first-order valence-electron chi connectivity index (χ1n) is 9.79. The molecule has 2 aromatic heterocycles. The third-order valence-electron chi connectivity index (χ3n) is 5.46. The van der Waals surface area contributed by atoms with Gasteiger partial charge in [0.1, 0.15) is 6.54 Å². The van der Waals surface area contributed by atoms with E-state index in [0.717, 1.165) is 30.3 Å². The molecule has 4 aromatic rings. The van der Waals surface area contributed by atoms with E-state index in [-0.39, 0.29) is 17.9 Å². The minimum atomic E-state index is -0.231. The fourth-order valence-electron chi connectivity index (χ4n) is 3.79. The lowest BCUT2D eigenvalue weighted by Gasteiger charge is -2.10. The number of benzene rings is 2. The zero-order valence-corrected chi connectivity index (χ0v) is 16.1. The zero-order valence-electron chi connectivity index (χ0n) is 16.1. The van der Waals surface area contributed by atoms with E-state index in [1.165, 1.54) is 10.4 Å². The number of carbonyl (C=O) groups excluding carboxylic acids is 1. The van der Waals surface area contributed by atoms with Crippen molar-refractivity contribution < 1.29 is 4.79 Å². The highest BCUT2D eigenvalue weighted by atomic mass is 16.2. The maximum Gasteiger partial charge on any atom is 0.249 e. The number of nitrogens with one attached hydrogen (secondary N) is 1. The Labute approximate surface area is 167 Å². The van der Waals surface area contributed by atoms with E-state index in [0.29, 0.717) is 11.6 Å². The van der Waals surface area contributed by atoms with Crippen molar-refractivity contribution in [3.8, 4) is 0 Å². The summed E-state index contributed by atoms with van der Waals surface area (Å²) in [6.45, 7) is 2.74. The monoisotopic (exact) mass is 387 g/mol. The third-order valence-corrected chi connectivity index (χ3v) is 5.46. The van der Waals surface area contributed by atoms with Gasteiger partial charge in [-0.2, -0.15) is 9.90 Å². The Morgan fingerprint density at radius 1 is 1.07 bits per heavy atom. The summed E-state index contributed by atoms with van der Waals surface area (Å²) >= 11 is 0. The lowest BCUT2D eigenvalue weighted by Crippen LogP contribution is -2.21. The molecule has 0 saturated heterocycles. The van der Waals surface area contributed by atoms with Gasteiger partial charge in [0.05, 0.1) is 10.9 Å². The van der Waals surface area contributed by atoms with Gasteiger partial charge in [-0.05, 0) is 42.7 Å². The van der Waals surface area contributed by atoms with Gasteiger partial charge in [0.15, 0.2) is 11.6 Å². The first kappa shape index (κ1) is 17.5. The molecule has 8 heteroatoms. The van der Waals surface area contributed by atoms with Crippen molar-refractivity contribution in [2.24, 2.45) is 0 Å². The maximum absolute atomic E-state index is 12.6. The van der Waals surface area contributed by atoms with Gasteiger partial charge >= 0.3 is 0 Å². The molecule has 1 saturated carbocycles. The zero-order chi connectivity index (χ0) is 19.8. The van der Waals surface area contributed by atoms with Crippen molar-refractivity contribution in [1.82, 2.24) is 30.0 Å². The number of rotatable bonds is 6. The molecule has 1 fully saturated rings. The number of para-hydroxylation sites is 1. The minimum Gasteiger partial charge on any atom is -0.307 e. The van der Waals surface area contributed by atoms with Gasteiger partial charge in [0.2, 0.25) is 5.91 Å². The summed E-state index contributed by atoms with van der Waals surface area (Å²) in [5.74, 6) is 0.998. The van der Waals surface area contributed by atoms with Crippen molar-refractivity contribution in [3.05, 3.63) is 66.0 Å². The Bertz CT molecular complexity index is 1170. The van der Waals surface area contributed by atoms with Crippen molar-refractivity contribution in [3.63, 3.8) is 0 Å². The highest BCUT2D eigenvalue weighted by Crippen LogP contribution is 2.51. The smallest absolute Gasteiger partial charge is 0.249 e. The molecule has 1 aliphatic rings. The van der Waals surface area contributed by atoms with Crippen molar-refractivity contribution in [2.45, 2.75) is 38.3 Å². The number of fused-ring (bicyclic) bond motifs is 1. The number of amides is 1. The summed E-state index contributed by atoms with van der Waals surface area (Å²) in [4.78, 5) is 13.9. The molecular formula is C21H21N7O. The van der Waals surface area contributed by atoms with Crippen molar-refractivity contribution >= 4 is 22.6 Å². The molecule has 146 valence electrons. The molecule has 0 aliphatic heterocycles. The summed E-state index contributed by atoms with van der Waals surface area (Å²) in [6, 6.07) is 18.1. The fraction of sp³-hybridized carbons (Fsp3) is 0.286. The molecule has 0 unspecified atom stereocenters. The Kier molecular flexibility index (Phi) is 4.12. The lowest BCUT2D eigenvalue weighted by molar-refractivity contribution is -0.117. The minimum absolute atomic E-state index is 0.00875. The molecule has 0 spiro atoms. The van der Waals surface area contributed by atoms with Gasteiger partial charge in [0, 0.05) is 11.9 Å². The standard InChI is InChI=1S/C21H21N7O/c1-2-27-17-11-7-6-10-16(17)19(24-27)22-18(29)14-28-25-20(23-26-28)21(12-13-21)15-8-4-3-5-9-15/h3-11H,2,12-14H2,1H3,(H,22,24,29). The molecule has 2 heterocycles. The van der Waals surface area contributed by atoms with Gasteiger partial charge < -0.3 is 5.32 Å². The first-order valence-corrected chi connectivity index (χ1v) is 9.79. The molecule has 1 aliphatic carbocycles. The van der Waals surface area contributed by atoms with Crippen molar-refractivity contribution in [1.29, 1.82) is 0 Å². The Morgan fingerprint density at radius 3 is 2.59 bits per heavy atom. The van der Waals surface area contributed by atoms with Crippen LogP contribution in [0.5, 0.6) is 0 Å². The molecule has 8 nitrogen and oxygen atoms in total. The Balaban J connectivity index is 1.33. The molecule has 29 heavy (non-hydrogen) atoms. The number of nitrogens with zero attached hydrogens (tertiary/aromatic N) is 6. The molecule has 1 N–H and O–H groups in total. The second kappa shape index (κ2) is 6.80. The van der Waals surface area contributed by atoms with Crippen LogP contribution in [0.2, 0.25) is 0 Å². The van der Waals surface area contributed by atoms with Crippen LogP contribution in [0.25, 0.3) is 10.9 Å². The van der Waals surface area contributed by atoms with Crippen molar-refractivity contribution in [2.75, 3.05) is 5.32 Å². The molecule has 2 aromatic carbocycles. The SMILES string of the molecule is CCn1nc(NC(=O)Cn2nnc(C3(c4ccccc4)CC3)n2)c2ccccc21. The van der Waals surface area contributed by atoms with Gasteiger partial charge in [-0.3, -0.25) is 9.48 Å². The highest BCUT2D eigenvalue weighted by Gasteiger charge is 2.49. The number of aromatic nitrogens is 6. The van der Waals surface area contributed by atoms with E-state index < -0.39 is 0 Å². The number of hydrogen-bond donors (Lipinski definition) is 1. The largest absolute Gasteiger partial charge is 0.307 e. The quantitative estimate of drug-likeness (QED) is 0.549. The molecule has 0 atom stereocenters. The van der Waals surface area contributed by atoms with Crippen LogP contribution in [0.3, 0.4) is 0 Å². The number of anilines is 1. The molecule has 0 bridgehead atoms. The van der Waals surface area contributed by atoms with Gasteiger partial charge in [-0.25, -0.2) is 0 Å². The average Bonchev–Trinajstić information content (AvgIpc) is 3.31. The van der Waals surface area contributed by atoms with E-state index in [2.05, 4.69) is 38.0 Å². The maximum atomic E-state index is 12.6. The van der Waals surface area contributed by atoms with Gasteiger partial charge in [0.25, 0.3) is 0 Å². The van der Waals surface area contributed by atoms with E-state index >= 15 is 0 Å². The van der Waals surface area contributed by atoms with E-state index in [1.54, 1.807) is 0 Å². The number of tetrazole rings is 1. The van der Waals surface area contributed by atoms with Gasteiger partial charge in [-0.1, -0.05) is 42.5 Å². The summed E-state index contributed by atoms with van der Waals surface area (Å²) in [5, 5.41) is 21.1. The van der Waals surface area contributed by atoms with E-state index in [1.807, 2.05) is 54.1 Å². The predicted molar refractivity (Wildman–Crippen MR) is 108 cm³/mol. The van der Waals surface area contributed by atoms with Crippen LogP contribution in [-0.2, 0) is 23.3 Å². The fourth-order valence-corrected chi connectivity index (χ4v) is 3.79. The molecule has 1 amide bonds. The summed E-state index contributed by atoms with van der Waals surface area (Å²) in [6.07, 6.45) is 1.99. The number of carbonyl (C=O) groups is 1. The first-order chi connectivity index (χ1) is 14.2. The second-order valence-electron chi connectivity index (χ2n) is 7.32. The second-order valence-corrected chi connectivity index (χ2v) is 7.32. The molecule has 5 rings (SSSR count). The Hall–Kier alpha value is -3.55. The predicted octanol–water partition coefficient (Wildman–Crippen LogP) is 2.76. The van der Waals surface area contributed by atoms with Crippen LogP contribution < -0.4 is 5.32 Å². The van der Waals surface area contributed by atoms with Crippen LogP contribution in [-0.4, -0.2) is 35.9 Å². The lowest BCUT2D eigenvalue weighted by atomic mass is 9.95. The third kappa shape index (κ3) is 3.06. The van der Waals surface area contributed by atoms with Gasteiger partial charge in [-0.15, -0.1) is 10.2 Å². The average molecular weight is 387 g/mol. The Morgan fingerprint density at radius 2 is 1.83 bits per heavy atom. The summed E-state index contributed by atoms with van der Waals surface area (Å²) in [5.41, 5.74) is 2.03.